The molecule has 2 heterocycles. The highest BCUT2D eigenvalue weighted by Crippen LogP contribution is 2.42. The number of carbonyl (C=O) groups excluding carboxylic acids is 1. The maximum absolute atomic E-state index is 15.5. The van der Waals surface area contributed by atoms with Crippen LogP contribution in [0.25, 0.3) is 0 Å². The molecule has 10 nitrogen and oxygen atoms in total. The molecule has 0 spiro atoms. The number of amides is 1. The summed E-state index contributed by atoms with van der Waals surface area (Å²) < 4.78 is 47.5. The van der Waals surface area contributed by atoms with Crippen LogP contribution >= 0.6 is 12.2 Å². The molecule has 1 aromatic heterocycles. The van der Waals surface area contributed by atoms with Crippen LogP contribution in [-0.4, -0.2) is 51.8 Å². The van der Waals surface area contributed by atoms with Crippen molar-refractivity contribution in [3.05, 3.63) is 161 Å². The lowest BCUT2D eigenvalue weighted by molar-refractivity contribution is -0.165. The average Bonchev–Trinajstić information content (AvgIpc) is 3.44. The van der Waals surface area contributed by atoms with E-state index in [2.05, 4.69) is 10.3 Å². The van der Waals surface area contributed by atoms with Gasteiger partial charge in [0.05, 0.1) is 19.8 Å². The van der Waals surface area contributed by atoms with Crippen LogP contribution in [0, 0.1) is 0 Å². The first-order chi connectivity index (χ1) is 24.4. The molecule has 0 bridgehead atoms. The fraction of sp³-hybridized carbons (Fsp3) is 0.211. The fourth-order valence-corrected chi connectivity index (χ4v) is 5.72. The van der Waals surface area contributed by atoms with Crippen LogP contribution in [0.3, 0.4) is 0 Å². The van der Waals surface area contributed by atoms with E-state index < -0.39 is 42.3 Å². The molecule has 1 fully saturated rings. The number of nitrogens with zero attached hydrogens (tertiary/aromatic N) is 2. The molecule has 0 radical (unpaired) electrons. The lowest BCUT2D eigenvalue weighted by atomic mass is 9.96. The van der Waals surface area contributed by atoms with Crippen molar-refractivity contribution in [1.82, 2.24) is 9.55 Å². The number of rotatable bonds is 13. The molecule has 4 aromatic carbocycles. The van der Waals surface area contributed by atoms with Gasteiger partial charge >= 0.3 is 10.9 Å². The smallest absolute Gasteiger partial charge is 0.358 e. The van der Waals surface area contributed by atoms with E-state index in [4.69, 9.17) is 35.9 Å². The Bertz CT molecular complexity index is 1920. The quantitative estimate of drug-likeness (QED) is 0.142. The number of thiocarbonyl (C=S) groups is 1. The van der Waals surface area contributed by atoms with Gasteiger partial charge in [-0.05, 0) is 41.5 Å². The summed E-state index contributed by atoms with van der Waals surface area (Å²) in [6.45, 7) is -1.09. The molecule has 1 saturated heterocycles. The van der Waals surface area contributed by atoms with Crippen LogP contribution in [-0.2, 0) is 32.2 Å². The van der Waals surface area contributed by atoms with E-state index in [1.165, 1.54) is 12.3 Å². The number of nitrogens with one attached hydrogen (secondary N) is 1. The first-order valence-corrected chi connectivity index (χ1v) is 16.2. The maximum atomic E-state index is 15.5. The van der Waals surface area contributed by atoms with Crippen molar-refractivity contribution in [1.29, 1.82) is 0 Å². The molecule has 6 rings (SSSR count). The number of para-hydroxylation sites is 1. The van der Waals surface area contributed by atoms with Crippen LogP contribution in [0.4, 0.5) is 10.2 Å². The van der Waals surface area contributed by atoms with E-state index in [9.17, 15) is 9.59 Å². The minimum absolute atomic E-state index is 0.0123. The number of ether oxygens (including phenoxy) is 5. The topological polar surface area (TPSA) is 110 Å². The Kier molecular flexibility index (Phi) is 11.4. The Labute approximate surface area is 293 Å². The van der Waals surface area contributed by atoms with Crippen molar-refractivity contribution < 1.29 is 32.9 Å². The van der Waals surface area contributed by atoms with Gasteiger partial charge in [-0.15, -0.1) is 0 Å². The summed E-state index contributed by atoms with van der Waals surface area (Å²) >= 11 is 5.49. The Hall–Kier alpha value is -5.27. The number of hydrogen-bond acceptors (Lipinski definition) is 9. The molecule has 1 N–H and O–H groups in total. The van der Waals surface area contributed by atoms with Crippen LogP contribution in [0.5, 0.6) is 5.75 Å². The molecule has 1 aliphatic rings. The second-order valence-corrected chi connectivity index (χ2v) is 11.8. The van der Waals surface area contributed by atoms with E-state index >= 15 is 4.39 Å². The van der Waals surface area contributed by atoms with Gasteiger partial charge in [0.25, 0.3) is 5.91 Å². The first kappa shape index (κ1) is 34.6. The third-order valence-corrected chi connectivity index (χ3v) is 8.15. The zero-order valence-corrected chi connectivity index (χ0v) is 27.6. The van der Waals surface area contributed by atoms with Crippen molar-refractivity contribution in [2.45, 2.75) is 37.3 Å². The minimum Gasteiger partial charge on any atom is -0.446 e. The lowest BCUT2D eigenvalue weighted by Gasteiger charge is -2.32. The van der Waals surface area contributed by atoms with Gasteiger partial charge in [0.1, 0.15) is 24.3 Å². The third kappa shape index (κ3) is 8.47. The van der Waals surface area contributed by atoms with Crippen LogP contribution in [0.2, 0.25) is 0 Å². The van der Waals surface area contributed by atoms with Gasteiger partial charge in [-0.25, -0.2) is 9.18 Å². The molecular weight excluding hydrogens is 661 g/mol. The molecule has 0 unspecified atom stereocenters. The van der Waals surface area contributed by atoms with Gasteiger partial charge in [0.2, 0.25) is 0 Å². The summed E-state index contributed by atoms with van der Waals surface area (Å²) in [5, 5.41) is 2.33. The van der Waals surface area contributed by atoms with E-state index in [0.29, 0.717) is 11.3 Å². The number of alkyl halides is 1. The highest BCUT2D eigenvalue weighted by Gasteiger charge is 2.59. The van der Waals surface area contributed by atoms with Crippen molar-refractivity contribution in [3.8, 4) is 5.75 Å². The zero-order valence-electron chi connectivity index (χ0n) is 26.8. The number of hydrogen-bond donors (Lipinski definition) is 1. The highest BCUT2D eigenvalue weighted by molar-refractivity contribution is 7.79. The van der Waals surface area contributed by atoms with Crippen molar-refractivity contribution in [2.75, 3.05) is 18.6 Å². The monoisotopic (exact) mass is 695 g/mol. The molecular formula is C38H34FN3O7S. The van der Waals surface area contributed by atoms with Gasteiger partial charge in [0.15, 0.2) is 17.9 Å². The number of benzene rings is 4. The Morgan fingerprint density at radius 1 is 0.860 bits per heavy atom. The minimum atomic E-state index is -1.75. The van der Waals surface area contributed by atoms with E-state index in [1.807, 2.05) is 66.7 Å². The summed E-state index contributed by atoms with van der Waals surface area (Å²) in [6.07, 6.45) is -2.29. The molecule has 0 saturated carbocycles. The maximum Gasteiger partial charge on any atom is 0.358 e. The predicted molar refractivity (Wildman–Crippen MR) is 187 cm³/mol. The highest BCUT2D eigenvalue weighted by atomic mass is 32.1. The molecule has 256 valence electrons. The number of anilines is 1. The Morgan fingerprint density at radius 3 is 2.08 bits per heavy atom. The van der Waals surface area contributed by atoms with E-state index in [-0.39, 0.29) is 30.9 Å². The summed E-state index contributed by atoms with van der Waals surface area (Å²) in [4.78, 5) is 30.4. The summed E-state index contributed by atoms with van der Waals surface area (Å²) in [5.74, 6) is -0.0216. The molecule has 1 amide bonds. The Balaban J connectivity index is 1.33. The second kappa shape index (κ2) is 16.4. The predicted octanol–water partition coefficient (Wildman–Crippen LogP) is 6.28. The number of aromatic nitrogens is 2. The fourth-order valence-electron chi connectivity index (χ4n) is 5.52. The van der Waals surface area contributed by atoms with Gasteiger partial charge in [0, 0.05) is 24.0 Å². The lowest BCUT2D eigenvalue weighted by Crippen LogP contribution is -2.51. The molecule has 4 atom stereocenters. The third-order valence-electron chi connectivity index (χ3n) is 7.97. The SMILES string of the molecule is O=C(Nc1ccn([C@@H]2O[C@](CF)(COCc3ccccc3)[C@@H](OCc3ccccc3)[C@H]2OC(=S)Oc2ccccc2)c(=O)n1)c1ccccc1. The van der Waals surface area contributed by atoms with Crippen LogP contribution < -0.4 is 15.7 Å². The summed E-state index contributed by atoms with van der Waals surface area (Å²) in [5.41, 5.74) is -0.476. The zero-order chi connectivity index (χ0) is 34.8. The molecule has 0 aliphatic carbocycles. The molecule has 5 aromatic rings. The van der Waals surface area contributed by atoms with Crippen molar-refractivity contribution in [2.24, 2.45) is 0 Å². The molecule has 12 heteroatoms. The standard InChI is InChI=1S/C38H34FN3O7S/c39-25-38(26-45-23-27-13-5-1-6-14-27)33(46-24-28-15-7-2-8-16-28)32(48-37(50)47-30-19-11-4-12-20-30)35(49-38)42-22-21-31(41-36(42)44)40-34(43)29-17-9-3-10-18-29/h1-22,32-33,35H,23-26H2,(H,40,41,43,44)/t32-,33+,35-,38-/m1/s1. The van der Waals surface area contributed by atoms with Gasteiger partial charge < -0.3 is 29.0 Å². The number of halogens is 1. The summed E-state index contributed by atoms with van der Waals surface area (Å²) in [7, 11) is 0. The van der Waals surface area contributed by atoms with Crippen molar-refractivity contribution >= 4 is 29.2 Å². The first-order valence-electron chi connectivity index (χ1n) is 15.8. The van der Waals surface area contributed by atoms with Crippen LogP contribution in [0.1, 0.15) is 27.7 Å². The second-order valence-electron chi connectivity index (χ2n) is 11.5. The van der Waals surface area contributed by atoms with E-state index in [0.717, 1.165) is 15.7 Å². The Morgan fingerprint density at radius 2 is 1.46 bits per heavy atom. The average molecular weight is 696 g/mol. The van der Waals surface area contributed by atoms with Gasteiger partial charge in [-0.3, -0.25) is 9.36 Å². The van der Waals surface area contributed by atoms with E-state index in [1.54, 1.807) is 54.6 Å². The van der Waals surface area contributed by atoms with Gasteiger partial charge in [-0.2, -0.15) is 4.98 Å². The largest absolute Gasteiger partial charge is 0.446 e. The normalized spacial score (nSPS) is 19.8. The molecule has 1 aliphatic heterocycles. The molecule has 50 heavy (non-hydrogen) atoms. The summed E-state index contributed by atoms with van der Waals surface area (Å²) in [6, 6.07) is 37.4. The van der Waals surface area contributed by atoms with Crippen LogP contribution in [0.15, 0.2) is 138 Å². The van der Waals surface area contributed by atoms with Gasteiger partial charge in [-0.1, -0.05) is 97.1 Å². The number of carbonyl (C=O) groups is 1. The van der Waals surface area contributed by atoms with Crippen molar-refractivity contribution in [3.63, 3.8) is 0 Å².